The molecule has 0 fully saturated rings. The van der Waals surface area contributed by atoms with E-state index < -0.39 is 0 Å². The molecule has 0 aliphatic carbocycles. The molecule has 0 saturated carbocycles. The van der Waals surface area contributed by atoms with Gasteiger partial charge < -0.3 is 13.7 Å². The topological polar surface area (TPSA) is 29.5 Å². The monoisotopic (exact) mass is 551 g/mol. The maximum absolute atomic E-state index is 6.59. The van der Waals surface area contributed by atoms with Crippen LogP contribution in [0.15, 0.2) is 160 Å². The molecule has 9 rings (SSSR count). The fourth-order valence-electron chi connectivity index (χ4n) is 6.46. The quantitative estimate of drug-likeness (QED) is 0.218. The third-order valence-corrected chi connectivity index (χ3v) is 8.44. The van der Waals surface area contributed by atoms with Crippen LogP contribution in [0.1, 0.15) is 0 Å². The molecule has 0 amide bonds. The second-order valence-electron chi connectivity index (χ2n) is 10.9. The van der Waals surface area contributed by atoms with Crippen LogP contribution in [0.5, 0.6) is 0 Å². The summed E-state index contributed by atoms with van der Waals surface area (Å²) in [4.78, 5) is 2.32. The smallest absolute Gasteiger partial charge is 0.143 e. The van der Waals surface area contributed by atoms with E-state index in [4.69, 9.17) is 8.83 Å². The number of furan rings is 2. The third kappa shape index (κ3) is 3.75. The Labute approximate surface area is 247 Å². The maximum Gasteiger partial charge on any atom is 0.143 e. The lowest BCUT2D eigenvalue weighted by Gasteiger charge is -2.26. The van der Waals surface area contributed by atoms with E-state index in [0.717, 1.165) is 71.9 Å². The van der Waals surface area contributed by atoms with Gasteiger partial charge in [0.15, 0.2) is 0 Å². The number of hydrogen-bond acceptors (Lipinski definition) is 3. The number of para-hydroxylation sites is 1. The first-order valence-electron chi connectivity index (χ1n) is 14.5. The lowest BCUT2D eigenvalue weighted by Crippen LogP contribution is -2.10. The molecule has 0 radical (unpaired) electrons. The summed E-state index contributed by atoms with van der Waals surface area (Å²) in [5, 5.41) is 6.69. The van der Waals surface area contributed by atoms with Crippen molar-refractivity contribution in [3.05, 3.63) is 152 Å². The van der Waals surface area contributed by atoms with Gasteiger partial charge in [0.25, 0.3) is 0 Å². The Balaban J connectivity index is 1.33. The molecule has 0 spiro atoms. The highest BCUT2D eigenvalue weighted by Gasteiger charge is 2.21. The summed E-state index contributed by atoms with van der Waals surface area (Å²) in [7, 11) is 0. The zero-order valence-electron chi connectivity index (χ0n) is 23.2. The Bertz CT molecular complexity index is 2470. The first kappa shape index (κ1) is 23.9. The fraction of sp³-hybridized carbons (Fsp3) is 0. The number of nitrogens with zero attached hydrogens (tertiary/aromatic N) is 1. The van der Waals surface area contributed by atoms with Crippen LogP contribution < -0.4 is 4.90 Å². The Kier molecular flexibility index (Phi) is 5.20. The minimum Gasteiger partial charge on any atom is -0.456 e. The van der Waals surface area contributed by atoms with Gasteiger partial charge in [0, 0.05) is 39.0 Å². The third-order valence-electron chi connectivity index (χ3n) is 8.44. The first-order valence-corrected chi connectivity index (χ1v) is 14.5. The highest BCUT2D eigenvalue weighted by molar-refractivity contribution is 6.19. The number of anilines is 3. The van der Waals surface area contributed by atoms with Crippen molar-refractivity contribution in [2.24, 2.45) is 0 Å². The van der Waals surface area contributed by atoms with Gasteiger partial charge in [0.05, 0.1) is 11.1 Å². The normalized spacial score (nSPS) is 11.7. The van der Waals surface area contributed by atoms with Gasteiger partial charge in [-0.25, -0.2) is 0 Å². The molecule has 2 heterocycles. The molecule has 0 aliphatic heterocycles. The Hall–Kier alpha value is -5.80. The molecular weight excluding hydrogens is 526 g/mol. The molecule has 0 saturated heterocycles. The average Bonchev–Trinajstić information content (AvgIpc) is 3.64. The van der Waals surface area contributed by atoms with Crippen molar-refractivity contribution < 1.29 is 8.83 Å². The van der Waals surface area contributed by atoms with Crippen molar-refractivity contribution in [1.29, 1.82) is 0 Å². The summed E-state index contributed by atoms with van der Waals surface area (Å²) in [6.07, 6.45) is 0. The van der Waals surface area contributed by atoms with Crippen LogP contribution in [0.25, 0.3) is 65.8 Å². The van der Waals surface area contributed by atoms with Gasteiger partial charge in [-0.15, -0.1) is 0 Å². The van der Waals surface area contributed by atoms with Gasteiger partial charge in [-0.1, -0.05) is 97.1 Å². The SMILES string of the molecule is c1ccc(-c2cccc(N(c3ccc4c(c3)oc3ccccc34)c3cccc4oc5c6ccccc6ccc5c34)c2)cc1. The van der Waals surface area contributed by atoms with E-state index >= 15 is 0 Å². The molecule has 3 heteroatoms. The lowest BCUT2D eigenvalue weighted by atomic mass is 10.0. The molecule has 0 bridgehead atoms. The first-order chi connectivity index (χ1) is 21.3. The largest absolute Gasteiger partial charge is 0.456 e. The number of rotatable bonds is 4. The summed E-state index contributed by atoms with van der Waals surface area (Å²) in [6, 6.07) is 53.1. The maximum atomic E-state index is 6.59. The van der Waals surface area contributed by atoms with Crippen molar-refractivity contribution in [3.8, 4) is 11.1 Å². The van der Waals surface area contributed by atoms with E-state index in [1.807, 2.05) is 12.1 Å². The number of fused-ring (bicyclic) bond motifs is 8. The van der Waals surface area contributed by atoms with Crippen molar-refractivity contribution in [2.75, 3.05) is 4.90 Å². The Morgan fingerprint density at radius 2 is 1.09 bits per heavy atom. The van der Waals surface area contributed by atoms with Crippen LogP contribution in [0.2, 0.25) is 0 Å². The van der Waals surface area contributed by atoms with E-state index in [9.17, 15) is 0 Å². The van der Waals surface area contributed by atoms with Crippen LogP contribution in [-0.4, -0.2) is 0 Å². The zero-order valence-corrected chi connectivity index (χ0v) is 23.2. The van der Waals surface area contributed by atoms with E-state index in [-0.39, 0.29) is 0 Å². The molecule has 9 aromatic rings. The molecule has 0 unspecified atom stereocenters. The molecule has 202 valence electrons. The van der Waals surface area contributed by atoms with E-state index in [1.165, 1.54) is 10.9 Å². The molecular formula is C40H25NO2. The van der Waals surface area contributed by atoms with Gasteiger partial charge in [0.1, 0.15) is 22.3 Å². The van der Waals surface area contributed by atoms with Crippen molar-refractivity contribution in [1.82, 2.24) is 0 Å². The molecule has 0 aliphatic rings. The van der Waals surface area contributed by atoms with Crippen molar-refractivity contribution in [3.63, 3.8) is 0 Å². The highest BCUT2D eigenvalue weighted by Crippen LogP contribution is 2.45. The zero-order chi connectivity index (χ0) is 28.3. The lowest BCUT2D eigenvalue weighted by molar-refractivity contribution is 0.669. The summed E-state index contributed by atoms with van der Waals surface area (Å²) >= 11 is 0. The fourth-order valence-corrected chi connectivity index (χ4v) is 6.46. The predicted octanol–water partition coefficient (Wildman–Crippen LogP) is 11.8. The standard InChI is InChI=1S/C40H25NO2/c1-2-10-26(11-3-1)28-13-8-14-29(24-28)41(30-21-23-33-32-16-6-7-18-36(32)42-38(33)25-30)35-17-9-19-37-39(35)34-22-20-27-12-4-5-15-31(27)40(34)43-37/h1-25H. The second kappa shape index (κ2) is 9.37. The molecule has 2 aromatic heterocycles. The van der Waals surface area contributed by atoms with Crippen molar-refractivity contribution in [2.45, 2.75) is 0 Å². The Morgan fingerprint density at radius 1 is 0.395 bits per heavy atom. The van der Waals surface area contributed by atoms with Gasteiger partial charge >= 0.3 is 0 Å². The van der Waals surface area contributed by atoms with E-state index in [1.54, 1.807) is 0 Å². The molecule has 3 nitrogen and oxygen atoms in total. The molecule has 7 aromatic carbocycles. The summed E-state index contributed by atoms with van der Waals surface area (Å²) in [5.41, 5.74) is 8.97. The van der Waals surface area contributed by atoms with Gasteiger partial charge in [-0.2, -0.15) is 0 Å². The van der Waals surface area contributed by atoms with E-state index in [0.29, 0.717) is 0 Å². The van der Waals surface area contributed by atoms with Crippen LogP contribution in [0.4, 0.5) is 17.1 Å². The summed E-state index contributed by atoms with van der Waals surface area (Å²) < 4.78 is 12.9. The van der Waals surface area contributed by atoms with Crippen LogP contribution >= 0.6 is 0 Å². The molecule has 0 N–H and O–H groups in total. The van der Waals surface area contributed by atoms with Crippen LogP contribution in [0, 0.1) is 0 Å². The average molecular weight is 552 g/mol. The number of benzene rings is 7. The van der Waals surface area contributed by atoms with Crippen LogP contribution in [-0.2, 0) is 0 Å². The summed E-state index contributed by atoms with van der Waals surface area (Å²) in [6.45, 7) is 0. The minimum absolute atomic E-state index is 0.859. The summed E-state index contributed by atoms with van der Waals surface area (Å²) in [5.74, 6) is 0. The van der Waals surface area contributed by atoms with Crippen molar-refractivity contribution >= 4 is 71.7 Å². The predicted molar refractivity (Wildman–Crippen MR) is 179 cm³/mol. The van der Waals surface area contributed by atoms with Crippen LogP contribution in [0.3, 0.4) is 0 Å². The van der Waals surface area contributed by atoms with Gasteiger partial charge in [-0.3, -0.25) is 0 Å². The van der Waals surface area contributed by atoms with Gasteiger partial charge in [-0.05, 0) is 65.0 Å². The Morgan fingerprint density at radius 3 is 2.02 bits per heavy atom. The second-order valence-corrected chi connectivity index (χ2v) is 10.9. The minimum atomic E-state index is 0.859. The highest BCUT2D eigenvalue weighted by atomic mass is 16.3. The number of hydrogen-bond donors (Lipinski definition) is 0. The van der Waals surface area contributed by atoms with E-state index in [2.05, 4.69) is 144 Å². The molecule has 0 atom stereocenters. The molecule has 43 heavy (non-hydrogen) atoms. The van der Waals surface area contributed by atoms with Gasteiger partial charge in [0.2, 0.25) is 0 Å².